The lowest BCUT2D eigenvalue weighted by Gasteiger charge is -2.31. The molecule has 2 aromatic rings. The van der Waals surface area contributed by atoms with Gasteiger partial charge in [0, 0.05) is 32.7 Å². The first-order chi connectivity index (χ1) is 12.1. The summed E-state index contributed by atoms with van der Waals surface area (Å²) in [5, 5.41) is 7.47. The second kappa shape index (κ2) is 8.27. The van der Waals surface area contributed by atoms with Gasteiger partial charge in [-0.25, -0.2) is 0 Å². The molecule has 2 heterocycles. The number of nitrogens with one attached hydrogen (secondary N) is 1. The number of hydrogen-bond acceptors (Lipinski definition) is 4. The number of carbonyl (C=O) groups is 1. The Balaban J connectivity index is 1.70. The highest BCUT2D eigenvalue weighted by Gasteiger charge is 2.21. The number of rotatable bonds is 6. The number of ether oxygens (including phenoxy) is 1. The molecule has 134 valence electrons. The molecule has 0 spiro atoms. The maximum Gasteiger partial charge on any atom is 0.269 e. The Bertz CT molecular complexity index is 693. The zero-order chi connectivity index (χ0) is 17.6. The summed E-state index contributed by atoms with van der Waals surface area (Å²) < 4.78 is 7.07. The summed E-state index contributed by atoms with van der Waals surface area (Å²) in [5.74, 6) is -0.0720. The summed E-state index contributed by atoms with van der Waals surface area (Å²) in [6.45, 7) is 6.05. The number of aryl methyl sites for hydroxylation is 2. The Morgan fingerprint density at radius 1 is 1.28 bits per heavy atom. The summed E-state index contributed by atoms with van der Waals surface area (Å²) in [7, 11) is 1.80. The molecule has 1 saturated heterocycles. The molecular formula is C19H26N4O2. The van der Waals surface area contributed by atoms with Crippen LogP contribution in [0.5, 0.6) is 0 Å². The molecule has 1 fully saturated rings. The summed E-state index contributed by atoms with van der Waals surface area (Å²) >= 11 is 0. The number of carbonyl (C=O) groups excluding carboxylic acids is 1. The average molecular weight is 342 g/mol. The van der Waals surface area contributed by atoms with Crippen molar-refractivity contribution in [3.63, 3.8) is 0 Å². The summed E-state index contributed by atoms with van der Waals surface area (Å²) in [4.78, 5) is 15.1. The van der Waals surface area contributed by atoms with Crippen LogP contribution in [0.15, 0.2) is 36.4 Å². The fraction of sp³-hybridized carbons (Fsp3) is 0.474. The lowest BCUT2D eigenvalue weighted by atomic mass is 10.0. The van der Waals surface area contributed by atoms with Crippen molar-refractivity contribution >= 4 is 5.91 Å². The Morgan fingerprint density at radius 2 is 2.00 bits per heavy atom. The lowest BCUT2D eigenvalue weighted by molar-refractivity contribution is 0.0333. The van der Waals surface area contributed by atoms with Crippen LogP contribution in [0.3, 0.4) is 0 Å². The molecule has 1 aromatic heterocycles. The van der Waals surface area contributed by atoms with Gasteiger partial charge in [0.25, 0.3) is 5.91 Å². The number of hydrogen-bond donors (Lipinski definition) is 1. The van der Waals surface area contributed by atoms with E-state index in [0.717, 1.165) is 45.0 Å². The SMILES string of the molecule is Cc1cc(C(=O)N[C@H](Cc2ccccc2)CN2CCOCC2)n(C)n1. The fourth-order valence-electron chi connectivity index (χ4n) is 3.24. The van der Waals surface area contributed by atoms with Crippen molar-refractivity contribution in [1.82, 2.24) is 20.0 Å². The van der Waals surface area contributed by atoms with Gasteiger partial charge in [-0.2, -0.15) is 5.10 Å². The highest BCUT2D eigenvalue weighted by Crippen LogP contribution is 2.09. The van der Waals surface area contributed by atoms with Crippen LogP contribution >= 0.6 is 0 Å². The molecule has 6 heteroatoms. The molecule has 1 aliphatic heterocycles. The first kappa shape index (κ1) is 17.6. The van der Waals surface area contributed by atoms with E-state index < -0.39 is 0 Å². The van der Waals surface area contributed by atoms with Gasteiger partial charge in [0.15, 0.2) is 0 Å². The number of benzene rings is 1. The van der Waals surface area contributed by atoms with Gasteiger partial charge in [-0.1, -0.05) is 30.3 Å². The first-order valence-corrected chi connectivity index (χ1v) is 8.77. The van der Waals surface area contributed by atoms with Gasteiger partial charge >= 0.3 is 0 Å². The predicted octanol–water partition coefficient (Wildman–Crippen LogP) is 1.40. The molecule has 0 radical (unpaired) electrons. The van der Waals surface area contributed by atoms with Crippen LogP contribution in [0.1, 0.15) is 21.7 Å². The Labute approximate surface area is 148 Å². The largest absolute Gasteiger partial charge is 0.379 e. The minimum atomic E-state index is -0.0720. The van der Waals surface area contributed by atoms with E-state index in [2.05, 4.69) is 27.4 Å². The Hall–Kier alpha value is -2.18. The van der Waals surface area contributed by atoms with Crippen LogP contribution in [0.2, 0.25) is 0 Å². The fourth-order valence-corrected chi connectivity index (χ4v) is 3.24. The quantitative estimate of drug-likeness (QED) is 0.862. The van der Waals surface area contributed by atoms with Gasteiger partial charge in [0.2, 0.25) is 0 Å². The van der Waals surface area contributed by atoms with E-state index in [-0.39, 0.29) is 11.9 Å². The van der Waals surface area contributed by atoms with Gasteiger partial charge in [-0.05, 0) is 25.0 Å². The third-order valence-corrected chi connectivity index (χ3v) is 4.48. The molecule has 1 N–H and O–H groups in total. The lowest BCUT2D eigenvalue weighted by Crippen LogP contribution is -2.48. The molecule has 3 rings (SSSR count). The van der Waals surface area contributed by atoms with E-state index >= 15 is 0 Å². The number of morpholine rings is 1. The number of amides is 1. The second-order valence-electron chi connectivity index (χ2n) is 6.57. The first-order valence-electron chi connectivity index (χ1n) is 8.77. The molecule has 1 atom stereocenters. The maximum absolute atomic E-state index is 12.7. The molecule has 1 aliphatic rings. The maximum atomic E-state index is 12.7. The summed E-state index contributed by atoms with van der Waals surface area (Å²) in [6, 6.07) is 12.2. The van der Waals surface area contributed by atoms with Crippen LogP contribution in [-0.4, -0.2) is 59.5 Å². The van der Waals surface area contributed by atoms with Gasteiger partial charge in [0.1, 0.15) is 5.69 Å². The van der Waals surface area contributed by atoms with Crippen molar-refractivity contribution in [2.45, 2.75) is 19.4 Å². The molecule has 1 aromatic carbocycles. The van der Waals surface area contributed by atoms with Crippen molar-refractivity contribution in [3.8, 4) is 0 Å². The molecule has 0 bridgehead atoms. The van der Waals surface area contributed by atoms with E-state index in [0.29, 0.717) is 5.69 Å². The summed E-state index contributed by atoms with van der Waals surface area (Å²) in [5.41, 5.74) is 2.67. The number of nitrogens with zero attached hydrogens (tertiary/aromatic N) is 3. The van der Waals surface area contributed by atoms with Crippen molar-refractivity contribution in [1.29, 1.82) is 0 Å². The van der Waals surface area contributed by atoms with Crippen LogP contribution in [0, 0.1) is 6.92 Å². The zero-order valence-corrected chi connectivity index (χ0v) is 14.9. The standard InChI is InChI=1S/C19H26N4O2/c1-15-12-18(22(2)21-15)19(24)20-17(13-16-6-4-3-5-7-16)14-23-8-10-25-11-9-23/h3-7,12,17H,8-11,13-14H2,1-2H3,(H,20,24)/t17-/m1/s1. The molecular weight excluding hydrogens is 316 g/mol. The van der Waals surface area contributed by atoms with Crippen LogP contribution in [0.4, 0.5) is 0 Å². The smallest absolute Gasteiger partial charge is 0.269 e. The van der Waals surface area contributed by atoms with E-state index in [9.17, 15) is 4.79 Å². The molecule has 0 saturated carbocycles. The highest BCUT2D eigenvalue weighted by molar-refractivity contribution is 5.92. The predicted molar refractivity (Wildman–Crippen MR) is 96.6 cm³/mol. The van der Waals surface area contributed by atoms with Crippen molar-refractivity contribution in [3.05, 3.63) is 53.3 Å². The highest BCUT2D eigenvalue weighted by atomic mass is 16.5. The third kappa shape index (κ3) is 4.90. The molecule has 0 aliphatic carbocycles. The van der Waals surface area contributed by atoms with E-state index in [1.165, 1.54) is 5.56 Å². The van der Waals surface area contributed by atoms with Gasteiger partial charge in [-0.3, -0.25) is 14.4 Å². The Kier molecular flexibility index (Phi) is 5.83. The minimum Gasteiger partial charge on any atom is -0.379 e. The van der Waals surface area contributed by atoms with Gasteiger partial charge < -0.3 is 10.1 Å². The number of aromatic nitrogens is 2. The van der Waals surface area contributed by atoms with Crippen molar-refractivity contribution in [2.75, 3.05) is 32.8 Å². The zero-order valence-electron chi connectivity index (χ0n) is 14.9. The van der Waals surface area contributed by atoms with Crippen LogP contribution in [-0.2, 0) is 18.2 Å². The van der Waals surface area contributed by atoms with Gasteiger partial charge in [0.05, 0.1) is 18.9 Å². The van der Waals surface area contributed by atoms with E-state index in [1.54, 1.807) is 11.7 Å². The molecule has 1 amide bonds. The van der Waals surface area contributed by atoms with Crippen molar-refractivity contribution in [2.24, 2.45) is 7.05 Å². The minimum absolute atomic E-state index is 0.0446. The molecule has 25 heavy (non-hydrogen) atoms. The molecule has 0 unspecified atom stereocenters. The molecule has 6 nitrogen and oxygen atoms in total. The summed E-state index contributed by atoms with van der Waals surface area (Å²) in [6.07, 6.45) is 0.806. The monoisotopic (exact) mass is 342 g/mol. The Morgan fingerprint density at radius 3 is 2.64 bits per heavy atom. The average Bonchev–Trinajstić information content (AvgIpc) is 2.95. The van der Waals surface area contributed by atoms with Crippen molar-refractivity contribution < 1.29 is 9.53 Å². The van der Waals surface area contributed by atoms with E-state index in [1.807, 2.05) is 31.2 Å². The normalized spacial score (nSPS) is 16.6. The van der Waals surface area contributed by atoms with Crippen LogP contribution < -0.4 is 5.32 Å². The van der Waals surface area contributed by atoms with Crippen LogP contribution in [0.25, 0.3) is 0 Å². The van der Waals surface area contributed by atoms with Gasteiger partial charge in [-0.15, -0.1) is 0 Å². The second-order valence-corrected chi connectivity index (χ2v) is 6.57. The topological polar surface area (TPSA) is 59.4 Å². The van der Waals surface area contributed by atoms with E-state index in [4.69, 9.17) is 4.74 Å². The third-order valence-electron chi connectivity index (χ3n) is 4.48.